The summed E-state index contributed by atoms with van der Waals surface area (Å²) in [4.78, 5) is 11.8. The number of nitrogens with two attached hydrogens (primary N) is 1. The summed E-state index contributed by atoms with van der Waals surface area (Å²) in [6, 6.07) is 3.59. The van der Waals surface area contributed by atoms with Crippen molar-refractivity contribution in [2.24, 2.45) is 0 Å². The van der Waals surface area contributed by atoms with Crippen LogP contribution in [-0.4, -0.2) is 22.9 Å². The number of aryl methyl sites for hydroxylation is 2. The summed E-state index contributed by atoms with van der Waals surface area (Å²) < 4.78 is 7.49. The number of benzene rings is 1. The summed E-state index contributed by atoms with van der Waals surface area (Å²) in [5, 5.41) is 4.45. The monoisotopic (exact) mass is 337 g/mol. The number of carbonyl (C=O) groups excluding carboxylic acids is 1. The van der Waals surface area contributed by atoms with Crippen molar-refractivity contribution >= 4 is 27.6 Å². The highest BCUT2D eigenvalue weighted by Gasteiger charge is 2.17. The molecule has 1 aromatic heterocycles. The Hall–Kier alpha value is -1.82. The van der Waals surface area contributed by atoms with Crippen molar-refractivity contribution in [3.8, 4) is 5.69 Å². The Bertz CT molecular complexity index is 692. The third-order valence-corrected chi connectivity index (χ3v) is 4.37. The molecule has 2 N–H and O–H groups in total. The van der Waals surface area contributed by atoms with Crippen molar-refractivity contribution in [2.75, 3.05) is 12.8 Å². The Labute approximate surface area is 125 Å². The van der Waals surface area contributed by atoms with E-state index in [1.165, 1.54) is 7.11 Å². The lowest BCUT2D eigenvalue weighted by molar-refractivity contribution is 0.0602. The number of halogens is 1. The quantitative estimate of drug-likeness (QED) is 0.675. The van der Waals surface area contributed by atoms with Crippen LogP contribution in [-0.2, 0) is 4.74 Å². The molecule has 0 unspecified atom stereocenters. The molecule has 0 fully saturated rings. The second-order valence-corrected chi connectivity index (χ2v) is 5.41. The van der Waals surface area contributed by atoms with Crippen LogP contribution in [0.4, 0.5) is 5.69 Å². The molecule has 2 aromatic rings. The number of aromatic nitrogens is 2. The SMILES string of the molecule is COC(=O)c1cc(-n2nc(C)c(Br)c2C)cc(C)c1N. The Kier molecular flexibility index (Phi) is 3.85. The first kappa shape index (κ1) is 14.6. The van der Waals surface area contributed by atoms with Crippen LogP contribution in [0.1, 0.15) is 27.3 Å². The summed E-state index contributed by atoms with van der Waals surface area (Å²) in [7, 11) is 1.34. The fourth-order valence-corrected chi connectivity index (χ4v) is 2.30. The highest BCUT2D eigenvalue weighted by molar-refractivity contribution is 9.10. The van der Waals surface area contributed by atoms with Crippen LogP contribution in [0, 0.1) is 20.8 Å². The number of ether oxygens (including phenoxy) is 1. The first-order valence-corrected chi connectivity index (χ1v) is 6.86. The number of anilines is 1. The van der Waals surface area contributed by atoms with Gasteiger partial charge >= 0.3 is 5.97 Å². The van der Waals surface area contributed by atoms with Crippen LogP contribution >= 0.6 is 15.9 Å². The fraction of sp³-hybridized carbons (Fsp3) is 0.286. The van der Waals surface area contributed by atoms with Crippen molar-refractivity contribution in [1.29, 1.82) is 0 Å². The van der Waals surface area contributed by atoms with Crippen LogP contribution < -0.4 is 5.73 Å². The van der Waals surface area contributed by atoms with E-state index in [4.69, 9.17) is 10.5 Å². The maximum absolute atomic E-state index is 11.8. The minimum Gasteiger partial charge on any atom is -0.465 e. The van der Waals surface area contributed by atoms with Crippen LogP contribution in [0.25, 0.3) is 5.69 Å². The number of rotatable bonds is 2. The summed E-state index contributed by atoms with van der Waals surface area (Å²) in [5.74, 6) is -0.451. The van der Waals surface area contributed by atoms with Gasteiger partial charge in [-0.25, -0.2) is 9.48 Å². The molecule has 0 aliphatic carbocycles. The minimum absolute atomic E-state index is 0.353. The number of esters is 1. The van der Waals surface area contributed by atoms with Crippen molar-refractivity contribution in [1.82, 2.24) is 9.78 Å². The highest BCUT2D eigenvalue weighted by Crippen LogP contribution is 2.27. The summed E-state index contributed by atoms with van der Waals surface area (Å²) >= 11 is 3.49. The van der Waals surface area contributed by atoms with Crippen LogP contribution in [0.3, 0.4) is 0 Å². The van der Waals surface area contributed by atoms with Gasteiger partial charge in [0.05, 0.1) is 34.2 Å². The average Bonchev–Trinajstić information content (AvgIpc) is 2.68. The summed E-state index contributed by atoms with van der Waals surface area (Å²) in [6.45, 7) is 5.72. The van der Waals surface area contributed by atoms with Gasteiger partial charge in [0.2, 0.25) is 0 Å². The molecule has 1 aromatic carbocycles. The lowest BCUT2D eigenvalue weighted by atomic mass is 10.1. The predicted octanol–water partition coefficient (Wildman–Crippen LogP) is 2.93. The standard InChI is InChI=1S/C14H16BrN3O2/c1-7-5-10(6-11(13(7)16)14(19)20-4)18-9(3)12(15)8(2)17-18/h5-6H,16H2,1-4H3. The summed E-state index contributed by atoms with van der Waals surface area (Å²) in [5.41, 5.74) is 10.2. The van der Waals surface area contributed by atoms with E-state index in [9.17, 15) is 4.79 Å². The number of carbonyl (C=O) groups is 1. The molecule has 0 aliphatic heterocycles. The number of hydrogen-bond donors (Lipinski definition) is 1. The molecule has 0 spiro atoms. The van der Waals surface area contributed by atoms with Crippen molar-refractivity contribution < 1.29 is 9.53 Å². The van der Waals surface area contributed by atoms with Gasteiger partial charge in [-0.2, -0.15) is 5.10 Å². The first-order chi connectivity index (χ1) is 9.36. The molecule has 0 aliphatic rings. The summed E-state index contributed by atoms with van der Waals surface area (Å²) in [6.07, 6.45) is 0. The van der Waals surface area contributed by atoms with Gasteiger partial charge in [-0.05, 0) is 54.4 Å². The Morgan fingerprint density at radius 3 is 2.50 bits per heavy atom. The van der Waals surface area contributed by atoms with E-state index in [2.05, 4.69) is 21.0 Å². The molecule has 20 heavy (non-hydrogen) atoms. The van der Waals surface area contributed by atoms with E-state index < -0.39 is 5.97 Å². The van der Waals surface area contributed by atoms with Gasteiger partial charge in [-0.3, -0.25) is 0 Å². The zero-order valence-corrected chi connectivity index (χ0v) is 13.4. The van der Waals surface area contributed by atoms with Crippen LogP contribution in [0.2, 0.25) is 0 Å². The van der Waals surface area contributed by atoms with Gasteiger partial charge in [0.15, 0.2) is 0 Å². The molecular weight excluding hydrogens is 322 g/mol. The maximum atomic E-state index is 11.8. The van der Waals surface area contributed by atoms with Crippen molar-refractivity contribution in [3.63, 3.8) is 0 Å². The molecule has 0 bridgehead atoms. The average molecular weight is 338 g/mol. The first-order valence-electron chi connectivity index (χ1n) is 6.07. The lowest BCUT2D eigenvalue weighted by Gasteiger charge is -2.11. The molecule has 5 nitrogen and oxygen atoms in total. The molecule has 0 saturated heterocycles. The Morgan fingerprint density at radius 2 is 2.00 bits per heavy atom. The van der Waals surface area contributed by atoms with E-state index in [-0.39, 0.29) is 0 Å². The third-order valence-electron chi connectivity index (χ3n) is 3.22. The number of hydrogen-bond acceptors (Lipinski definition) is 4. The van der Waals surface area contributed by atoms with Gasteiger partial charge < -0.3 is 10.5 Å². The molecule has 2 rings (SSSR count). The van der Waals surface area contributed by atoms with Gasteiger partial charge in [0.1, 0.15) is 0 Å². The van der Waals surface area contributed by atoms with Crippen LogP contribution in [0.5, 0.6) is 0 Å². The highest BCUT2D eigenvalue weighted by atomic mass is 79.9. The molecule has 6 heteroatoms. The molecule has 0 atom stereocenters. The maximum Gasteiger partial charge on any atom is 0.340 e. The zero-order chi connectivity index (χ0) is 15.0. The molecule has 1 heterocycles. The Balaban J connectivity index is 2.66. The van der Waals surface area contributed by atoms with Gasteiger partial charge in [-0.1, -0.05) is 0 Å². The van der Waals surface area contributed by atoms with Crippen LogP contribution in [0.15, 0.2) is 16.6 Å². The normalized spacial score (nSPS) is 10.7. The number of nitrogens with zero attached hydrogens (tertiary/aromatic N) is 2. The molecule has 106 valence electrons. The number of nitrogen functional groups attached to an aromatic ring is 1. The molecule has 0 amide bonds. The van der Waals surface area contributed by atoms with E-state index in [1.807, 2.05) is 26.8 Å². The second kappa shape index (κ2) is 5.28. The van der Waals surface area contributed by atoms with E-state index in [0.29, 0.717) is 11.3 Å². The Morgan fingerprint density at radius 1 is 1.35 bits per heavy atom. The van der Waals surface area contributed by atoms with Gasteiger partial charge in [0, 0.05) is 5.69 Å². The molecular formula is C14H16BrN3O2. The second-order valence-electron chi connectivity index (χ2n) is 4.61. The number of methoxy groups -OCH3 is 1. The smallest absolute Gasteiger partial charge is 0.340 e. The lowest BCUT2D eigenvalue weighted by Crippen LogP contribution is -2.10. The minimum atomic E-state index is -0.451. The van der Waals surface area contributed by atoms with E-state index in [1.54, 1.807) is 10.7 Å². The van der Waals surface area contributed by atoms with E-state index >= 15 is 0 Å². The fourth-order valence-electron chi connectivity index (χ4n) is 2.06. The van der Waals surface area contributed by atoms with Gasteiger partial charge in [-0.15, -0.1) is 0 Å². The molecule has 0 radical (unpaired) electrons. The van der Waals surface area contributed by atoms with Gasteiger partial charge in [0.25, 0.3) is 0 Å². The van der Waals surface area contributed by atoms with Crippen molar-refractivity contribution in [3.05, 3.63) is 39.1 Å². The predicted molar refractivity (Wildman–Crippen MR) is 81.2 cm³/mol. The largest absolute Gasteiger partial charge is 0.465 e. The topological polar surface area (TPSA) is 70.1 Å². The zero-order valence-electron chi connectivity index (χ0n) is 11.8. The molecule has 0 saturated carbocycles. The third kappa shape index (κ3) is 2.31. The van der Waals surface area contributed by atoms with Crippen molar-refractivity contribution in [2.45, 2.75) is 20.8 Å². The van der Waals surface area contributed by atoms with E-state index in [0.717, 1.165) is 27.1 Å².